The maximum atomic E-state index is 13.3. The summed E-state index contributed by atoms with van der Waals surface area (Å²) in [6.45, 7) is -1.83. The van der Waals surface area contributed by atoms with E-state index in [2.05, 4.69) is 9.47 Å². The van der Waals surface area contributed by atoms with Crippen LogP contribution in [-0.2, 0) is 9.47 Å². The quantitative estimate of drug-likeness (QED) is 0.723. The predicted molar refractivity (Wildman–Crippen MR) is 40.7 cm³/mol. The van der Waals surface area contributed by atoms with Crippen molar-refractivity contribution < 1.29 is 49.0 Å². The Kier molecular flexibility index (Phi) is 3.56. The highest BCUT2D eigenvalue weighted by atomic mass is 19.4. The lowest BCUT2D eigenvalue weighted by atomic mass is 9.82. The molecule has 0 amide bonds. The third kappa shape index (κ3) is 2.06. The minimum absolute atomic E-state index is 0.646. The van der Waals surface area contributed by atoms with Gasteiger partial charge in [0, 0.05) is 0 Å². The topological polar surface area (TPSA) is 18.5 Å². The van der Waals surface area contributed by atoms with Crippen molar-refractivity contribution in [3.63, 3.8) is 0 Å². The van der Waals surface area contributed by atoms with Crippen molar-refractivity contribution in [2.24, 2.45) is 5.41 Å². The summed E-state index contributed by atoms with van der Waals surface area (Å²) in [6.07, 6.45) is -18.5. The minimum atomic E-state index is -6.31. The number of hydrogen-bond donors (Lipinski definition) is 0. The second-order valence-electron chi connectivity index (χ2n) is 3.84. The highest BCUT2D eigenvalue weighted by Gasteiger charge is 2.82. The molecule has 0 aliphatic carbocycles. The molecule has 1 aliphatic rings. The molecule has 0 radical (unpaired) electrons. The van der Waals surface area contributed by atoms with Gasteiger partial charge in [0.2, 0.25) is 0 Å². The average Bonchev–Trinajstić information content (AvgIpc) is 2.13. The Morgan fingerprint density at radius 2 is 1.26 bits per heavy atom. The second kappa shape index (κ2) is 4.14. The molecule has 0 aromatic heterocycles. The Labute approximate surface area is 100 Å². The summed E-state index contributed by atoms with van der Waals surface area (Å²) >= 11 is 0. The van der Waals surface area contributed by atoms with Gasteiger partial charge in [-0.25, -0.2) is 4.39 Å². The van der Waals surface area contributed by atoms with E-state index < -0.39 is 42.9 Å². The smallest absolute Gasteiger partial charge is 0.251 e. The van der Waals surface area contributed by atoms with Gasteiger partial charge in [0.25, 0.3) is 0 Å². The zero-order valence-corrected chi connectivity index (χ0v) is 9.13. The van der Waals surface area contributed by atoms with Crippen LogP contribution >= 0.6 is 0 Å². The van der Waals surface area contributed by atoms with Crippen LogP contribution in [0, 0.1) is 5.41 Å². The van der Waals surface area contributed by atoms with Crippen molar-refractivity contribution in [3.8, 4) is 0 Å². The lowest BCUT2D eigenvalue weighted by molar-refractivity contribution is -0.609. The normalized spacial score (nSPS) is 38.2. The number of hydrogen-bond acceptors (Lipinski definition) is 2. The number of ether oxygens (including phenoxy) is 2. The van der Waals surface area contributed by atoms with E-state index in [1.54, 1.807) is 0 Å². The Morgan fingerprint density at radius 1 is 0.895 bits per heavy atom. The Balaban J connectivity index is 3.37. The molecule has 0 bridgehead atoms. The van der Waals surface area contributed by atoms with E-state index in [0.717, 1.165) is 0 Å². The molecular formula is C8H7F9O2. The third-order valence-corrected chi connectivity index (χ3v) is 2.80. The molecular weight excluding hydrogens is 299 g/mol. The maximum Gasteiger partial charge on any atom is 0.478 e. The maximum absolute atomic E-state index is 13.3. The van der Waals surface area contributed by atoms with Crippen LogP contribution in [0.2, 0.25) is 0 Å². The summed E-state index contributed by atoms with van der Waals surface area (Å²) in [6, 6.07) is -5.73. The van der Waals surface area contributed by atoms with Crippen LogP contribution in [0.5, 0.6) is 0 Å². The summed E-state index contributed by atoms with van der Waals surface area (Å²) in [5, 5.41) is 0. The van der Waals surface area contributed by atoms with Crippen LogP contribution in [-0.4, -0.2) is 31.1 Å². The zero-order chi connectivity index (χ0) is 15.3. The molecule has 1 rings (SSSR count). The van der Waals surface area contributed by atoms with Crippen LogP contribution in [0.15, 0.2) is 0 Å². The minimum Gasteiger partial charge on any atom is -0.251 e. The number of alkyl halides is 9. The average molecular weight is 306 g/mol. The molecule has 114 valence electrons. The molecule has 2 nitrogen and oxygen atoms in total. The fourth-order valence-electron chi connectivity index (χ4n) is 1.49. The summed E-state index contributed by atoms with van der Waals surface area (Å²) < 4.78 is 120. The van der Waals surface area contributed by atoms with Crippen molar-refractivity contribution in [1.82, 2.24) is 0 Å². The summed E-state index contributed by atoms with van der Waals surface area (Å²) in [4.78, 5) is 0. The van der Waals surface area contributed by atoms with Crippen LogP contribution in [0.1, 0.15) is 13.3 Å². The van der Waals surface area contributed by atoms with E-state index in [4.69, 9.17) is 0 Å². The zero-order valence-electron chi connectivity index (χ0n) is 9.13. The number of halogens is 9. The highest BCUT2D eigenvalue weighted by Crippen LogP contribution is 2.61. The molecule has 0 spiro atoms. The first-order valence-corrected chi connectivity index (χ1v) is 4.76. The first-order chi connectivity index (χ1) is 8.29. The third-order valence-electron chi connectivity index (χ3n) is 2.80. The van der Waals surface area contributed by atoms with Gasteiger partial charge in [-0.1, -0.05) is 6.92 Å². The van der Waals surface area contributed by atoms with Crippen molar-refractivity contribution in [1.29, 1.82) is 0 Å². The molecule has 0 atom stereocenters. The predicted octanol–water partition coefficient (Wildman–Crippen LogP) is 3.77. The Hall–Kier alpha value is -0.710. The molecule has 11 heteroatoms. The van der Waals surface area contributed by atoms with Crippen LogP contribution < -0.4 is 0 Å². The van der Waals surface area contributed by atoms with E-state index in [-0.39, 0.29) is 0 Å². The molecule has 0 aromatic rings. The fraction of sp³-hybridized carbons (Fsp3) is 1.00. The molecule has 1 aliphatic heterocycles. The van der Waals surface area contributed by atoms with Gasteiger partial charge in [0.05, 0.1) is 0 Å². The van der Waals surface area contributed by atoms with Crippen LogP contribution in [0.25, 0.3) is 0 Å². The lowest BCUT2D eigenvalue weighted by Crippen LogP contribution is -2.70. The Morgan fingerprint density at radius 3 is 1.47 bits per heavy atom. The standard InChI is InChI=1S/C8H7F9O2/c1-2-4(3-9)6(13,14)18-8(17,5(10,11)12)19-7(4,15)16/h2-3H2,1H3. The Bertz CT molecular complexity index is 327. The van der Waals surface area contributed by atoms with Gasteiger partial charge >= 0.3 is 24.4 Å². The molecule has 1 heterocycles. The second-order valence-corrected chi connectivity index (χ2v) is 3.84. The van der Waals surface area contributed by atoms with Gasteiger partial charge in [-0.15, -0.1) is 0 Å². The molecule has 19 heavy (non-hydrogen) atoms. The lowest BCUT2D eigenvalue weighted by Gasteiger charge is -2.49. The van der Waals surface area contributed by atoms with Crippen LogP contribution in [0.3, 0.4) is 0 Å². The van der Waals surface area contributed by atoms with Gasteiger partial charge in [0.15, 0.2) is 5.41 Å². The molecule has 0 saturated carbocycles. The van der Waals surface area contributed by atoms with Gasteiger partial charge in [-0.2, -0.15) is 35.1 Å². The SMILES string of the molecule is CCC1(CF)C(F)(F)OC(F)(C(F)(F)F)OC1(F)F. The summed E-state index contributed by atoms with van der Waals surface area (Å²) in [5.41, 5.74) is -4.04. The number of rotatable bonds is 2. The van der Waals surface area contributed by atoms with E-state index in [1.165, 1.54) is 0 Å². The molecule has 0 unspecified atom stereocenters. The van der Waals surface area contributed by atoms with Crippen LogP contribution in [0.4, 0.5) is 39.5 Å². The van der Waals surface area contributed by atoms with Gasteiger partial charge in [-0.05, 0) is 6.42 Å². The van der Waals surface area contributed by atoms with E-state index in [9.17, 15) is 39.5 Å². The van der Waals surface area contributed by atoms with Crippen molar-refractivity contribution in [2.45, 2.75) is 37.8 Å². The van der Waals surface area contributed by atoms with Crippen molar-refractivity contribution in [3.05, 3.63) is 0 Å². The van der Waals surface area contributed by atoms with Crippen molar-refractivity contribution >= 4 is 0 Å². The van der Waals surface area contributed by atoms with Gasteiger partial charge < -0.3 is 0 Å². The molecule has 0 N–H and O–H groups in total. The van der Waals surface area contributed by atoms with Crippen molar-refractivity contribution in [2.75, 3.05) is 6.67 Å². The first kappa shape index (κ1) is 16.3. The molecule has 0 aromatic carbocycles. The highest BCUT2D eigenvalue weighted by molar-refractivity contribution is 4.98. The largest absolute Gasteiger partial charge is 0.478 e. The molecule has 1 fully saturated rings. The van der Waals surface area contributed by atoms with E-state index in [0.29, 0.717) is 6.92 Å². The first-order valence-electron chi connectivity index (χ1n) is 4.76. The molecule has 1 saturated heterocycles. The van der Waals surface area contributed by atoms with E-state index >= 15 is 0 Å². The fourth-order valence-corrected chi connectivity index (χ4v) is 1.49. The van der Waals surface area contributed by atoms with E-state index in [1.807, 2.05) is 0 Å². The monoisotopic (exact) mass is 306 g/mol. The van der Waals surface area contributed by atoms with Gasteiger partial charge in [0.1, 0.15) is 6.67 Å². The summed E-state index contributed by atoms with van der Waals surface area (Å²) in [7, 11) is 0. The van der Waals surface area contributed by atoms with Gasteiger partial charge in [-0.3, -0.25) is 9.47 Å². The summed E-state index contributed by atoms with van der Waals surface area (Å²) in [5.74, 6) is 0.